The van der Waals surface area contributed by atoms with Gasteiger partial charge in [0.05, 0.1) is 11.5 Å². The average molecular weight is 320 g/mol. The van der Waals surface area contributed by atoms with E-state index in [2.05, 4.69) is 12.2 Å². The van der Waals surface area contributed by atoms with Crippen molar-refractivity contribution in [1.82, 2.24) is 9.62 Å². The van der Waals surface area contributed by atoms with Gasteiger partial charge >= 0.3 is 0 Å². The zero-order valence-corrected chi connectivity index (χ0v) is 14.0. The zero-order chi connectivity index (χ0) is 15.0. The van der Waals surface area contributed by atoms with Crippen LogP contribution in [-0.4, -0.2) is 46.1 Å². The number of nitrogens with one attached hydrogen (secondary N) is 1. The number of methoxy groups -OCH3 is 1. The molecule has 7 heteroatoms. The molecule has 0 unspecified atom stereocenters. The molecule has 1 aromatic heterocycles. The minimum absolute atomic E-state index is 0.383. The van der Waals surface area contributed by atoms with Gasteiger partial charge in [-0.15, -0.1) is 11.3 Å². The molecular formula is C13H24N2O3S2. The minimum Gasteiger partial charge on any atom is -0.383 e. The van der Waals surface area contributed by atoms with Crippen molar-refractivity contribution in [2.75, 3.05) is 33.4 Å². The maximum Gasteiger partial charge on any atom is 0.243 e. The van der Waals surface area contributed by atoms with Crippen molar-refractivity contribution in [3.8, 4) is 0 Å². The van der Waals surface area contributed by atoms with Gasteiger partial charge in [-0.2, -0.15) is 4.31 Å². The largest absolute Gasteiger partial charge is 0.383 e. The molecule has 5 nitrogen and oxygen atoms in total. The van der Waals surface area contributed by atoms with E-state index in [1.54, 1.807) is 18.6 Å². The van der Waals surface area contributed by atoms with Crippen LogP contribution in [0.3, 0.4) is 0 Å². The Kier molecular flexibility index (Phi) is 7.68. The molecule has 20 heavy (non-hydrogen) atoms. The Morgan fingerprint density at radius 3 is 2.75 bits per heavy atom. The van der Waals surface area contributed by atoms with E-state index >= 15 is 0 Å². The van der Waals surface area contributed by atoms with Gasteiger partial charge in [-0.1, -0.05) is 13.8 Å². The maximum absolute atomic E-state index is 12.5. The summed E-state index contributed by atoms with van der Waals surface area (Å²) in [4.78, 5) is 1.42. The van der Waals surface area contributed by atoms with Crippen LogP contribution in [0.25, 0.3) is 0 Å². The summed E-state index contributed by atoms with van der Waals surface area (Å²) in [7, 11) is -1.83. The molecule has 0 fully saturated rings. The highest BCUT2D eigenvalue weighted by atomic mass is 32.2. The van der Waals surface area contributed by atoms with E-state index in [4.69, 9.17) is 4.74 Å². The van der Waals surface area contributed by atoms with E-state index in [1.165, 1.54) is 15.6 Å². The molecule has 0 bridgehead atoms. The second kappa shape index (κ2) is 8.74. The highest BCUT2D eigenvalue weighted by molar-refractivity contribution is 7.89. The summed E-state index contributed by atoms with van der Waals surface area (Å²) in [5.41, 5.74) is 0. The third-order valence-corrected chi connectivity index (χ3v) is 5.93. The van der Waals surface area contributed by atoms with Crippen LogP contribution < -0.4 is 5.32 Å². The van der Waals surface area contributed by atoms with Crippen molar-refractivity contribution in [3.05, 3.63) is 16.3 Å². The lowest BCUT2D eigenvalue weighted by Crippen LogP contribution is -2.33. The quantitative estimate of drug-likeness (QED) is 0.669. The Morgan fingerprint density at radius 1 is 1.40 bits per heavy atom. The van der Waals surface area contributed by atoms with Gasteiger partial charge in [0.2, 0.25) is 10.0 Å². The standard InChI is InChI=1S/C13H24N2O3S2/c1-4-6-14-10-12-9-13(11-19-12)20(16,17)15(5-2)7-8-18-3/h9,11,14H,4-8,10H2,1-3H3. The van der Waals surface area contributed by atoms with Crippen LogP contribution in [0.2, 0.25) is 0 Å². The molecule has 0 atom stereocenters. The first-order valence-corrected chi connectivity index (χ1v) is 9.15. The van der Waals surface area contributed by atoms with Crippen molar-refractivity contribution in [3.63, 3.8) is 0 Å². The molecule has 0 aromatic carbocycles. The molecular weight excluding hydrogens is 296 g/mol. The third-order valence-electron chi connectivity index (χ3n) is 2.89. The normalized spacial score (nSPS) is 12.2. The Morgan fingerprint density at radius 2 is 2.15 bits per heavy atom. The van der Waals surface area contributed by atoms with Crippen LogP contribution in [0.1, 0.15) is 25.1 Å². The molecule has 0 aliphatic rings. The summed E-state index contributed by atoms with van der Waals surface area (Å²) < 4.78 is 31.3. The number of hydrogen-bond donors (Lipinski definition) is 1. The van der Waals surface area contributed by atoms with Gasteiger partial charge in [0.25, 0.3) is 0 Å². The monoisotopic (exact) mass is 320 g/mol. The summed E-state index contributed by atoms with van der Waals surface area (Å²) >= 11 is 1.48. The lowest BCUT2D eigenvalue weighted by molar-refractivity contribution is 0.180. The van der Waals surface area contributed by atoms with Crippen LogP contribution in [0, 0.1) is 0 Å². The summed E-state index contributed by atoms with van der Waals surface area (Å²) in [5, 5.41) is 4.99. The first-order valence-electron chi connectivity index (χ1n) is 6.83. The Hall–Kier alpha value is -0.470. The number of hydrogen-bond acceptors (Lipinski definition) is 5. The van der Waals surface area contributed by atoms with Gasteiger partial charge in [0.1, 0.15) is 0 Å². The molecule has 116 valence electrons. The van der Waals surface area contributed by atoms with Crippen molar-refractivity contribution in [2.45, 2.75) is 31.7 Å². The van der Waals surface area contributed by atoms with E-state index in [1.807, 2.05) is 6.92 Å². The van der Waals surface area contributed by atoms with Crippen LogP contribution in [0.5, 0.6) is 0 Å². The highest BCUT2D eigenvalue weighted by Gasteiger charge is 2.23. The molecule has 1 aromatic rings. The maximum atomic E-state index is 12.5. The molecule has 0 aliphatic heterocycles. The number of ether oxygens (including phenoxy) is 1. The van der Waals surface area contributed by atoms with Crippen LogP contribution in [-0.2, 0) is 21.3 Å². The van der Waals surface area contributed by atoms with Crippen molar-refractivity contribution >= 4 is 21.4 Å². The molecule has 1 N–H and O–H groups in total. The second-order valence-electron chi connectivity index (χ2n) is 4.42. The van der Waals surface area contributed by atoms with Gasteiger partial charge in [-0.3, -0.25) is 0 Å². The third kappa shape index (κ3) is 4.82. The SMILES string of the molecule is CCCNCc1cc(S(=O)(=O)N(CC)CCOC)cs1. The van der Waals surface area contributed by atoms with Gasteiger partial charge in [0, 0.05) is 37.0 Å². The van der Waals surface area contributed by atoms with Gasteiger partial charge in [-0.25, -0.2) is 8.42 Å². The van der Waals surface area contributed by atoms with E-state index in [0.717, 1.165) is 24.4 Å². The summed E-state index contributed by atoms with van der Waals surface area (Å²) in [6.07, 6.45) is 1.07. The fraction of sp³-hybridized carbons (Fsp3) is 0.692. The molecule has 0 saturated heterocycles. The van der Waals surface area contributed by atoms with Crippen molar-refractivity contribution in [2.24, 2.45) is 0 Å². The van der Waals surface area contributed by atoms with E-state index in [-0.39, 0.29) is 0 Å². The molecule has 0 saturated carbocycles. The lowest BCUT2D eigenvalue weighted by Gasteiger charge is -2.19. The Bertz CT molecular complexity index is 486. The van der Waals surface area contributed by atoms with Gasteiger partial charge < -0.3 is 10.1 Å². The van der Waals surface area contributed by atoms with E-state index < -0.39 is 10.0 Å². The van der Waals surface area contributed by atoms with Crippen molar-refractivity contribution in [1.29, 1.82) is 0 Å². The smallest absolute Gasteiger partial charge is 0.243 e. The number of likely N-dealkylation sites (N-methyl/N-ethyl adjacent to an activating group) is 1. The molecule has 0 spiro atoms. The summed E-state index contributed by atoms with van der Waals surface area (Å²) in [6, 6.07) is 1.76. The summed E-state index contributed by atoms with van der Waals surface area (Å²) in [6.45, 7) is 6.84. The Balaban J connectivity index is 2.75. The van der Waals surface area contributed by atoms with Crippen LogP contribution in [0.15, 0.2) is 16.3 Å². The van der Waals surface area contributed by atoms with Crippen LogP contribution in [0.4, 0.5) is 0 Å². The minimum atomic E-state index is -3.40. The average Bonchev–Trinajstić information content (AvgIpc) is 2.89. The molecule has 0 radical (unpaired) electrons. The zero-order valence-electron chi connectivity index (χ0n) is 12.4. The molecule has 0 amide bonds. The molecule has 1 heterocycles. The van der Waals surface area contributed by atoms with Crippen molar-refractivity contribution < 1.29 is 13.2 Å². The van der Waals surface area contributed by atoms with E-state index in [9.17, 15) is 8.42 Å². The lowest BCUT2D eigenvalue weighted by atomic mass is 10.4. The number of nitrogens with zero attached hydrogens (tertiary/aromatic N) is 1. The van der Waals surface area contributed by atoms with Gasteiger partial charge in [-0.05, 0) is 19.0 Å². The number of thiophene rings is 1. The fourth-order valence-electron chi connectivity index (χ4n) is 1.77. The van der Waals surface area contributed by atoms with Crippen LogP contribution >= 0.6 is 11.3 Å². The summed E-state index contributed by atoms with van der Waals surface area (Å²) in [5.74, 6) is 0. The highest BCUT2D eigenvalue weighted by Crippen LogP contribution is 2.22. The Labute approximate surface area is 126 Å². The number of rotatable bonds is 10. The second-order valence-corrected chi connectivity index (χ2v) is 7.35. The topological polar surface area (TPSA) is 58.6 Å². The fourth-order valence-corrected chi connectivity index (χ4v) is 4.43. The molecule has 1 rings (SSSR count). The first kappa shape index (κ1) is 17.6. The predicted octanol–water partition coefficient (Wildman–Crippen LogP) is 1.90. The molecule has 0 aliphatic carbocycles. The number of sulfonamides is 1. The first-order chi connectivity index (χ1) is 9.56. The van der Waals surface area contributed by atoms with Gasteiger partial charge in [0.15, 0.2) is 0 Å². The predicted molar refractivity (Wildman–Crippen MR) is 82.6 cm³/mol. The van der Waals surface area contributed by atoms with E-state index in [0.29, 0.717) is 24.6 Å².